The maximum absolute atomic E-state index is 12.7. The van der Waals surface area contributed by atoms with Gasteiger partial charge >= 0.3 is 12.2 Å². The summed E-state index contributed by atoms with van der Waals surface area (Å²) in [6.07, 6.45) is 1.57. The van der Waals surface area contributed by atoms with Gasteiger partial charge in [0.2, 0.25) is 17.3 Å². The Labute approximate surface area is 702 Å². The van der Waals surface area contributed by atoms with Gasteiger partial charge in [0.15, 0.2) is 0 Å². The Morgan fingerprint density at radius 1 is 0.475 bits per heavy atom. The quantitative estimate of drug-likeness (QED) is 0.0773. The summed E-state index contributed by atoms with van der Waals surface area (Å²) in [5, 5.41) is 6.09. The maximum Gasteiger partial charge on any atom is 0.414 e. The van der Waals surface area contributed by atoms with E-state index in [1.165, 1.54) is 47.4 Å². The lowest BCUT2D eigenvalue weighted by atomic mass is 9.99. The van der Waals surface area contributed by atoms with Gasteiger partial charge in [-0.3, -0.25) is 15.0 Å². The molecule has 610 valence electrons. The largest absolute Gasteiger partial charge is 0.497 e. The van der Waals surface area contributed by atoms with Crippen molar-refractivity contribution in [3.63, 3.8) is 0 Å². The predicted octanol–water partition coefficient (Wildman–Crippen LogP) is 19.2. The number of carbonyl (C=O) groups is 2. The van der Waals surface area contributed by atoms with Crippen molar-refractivity contribution in [3.8, 4) is 57.0 Å². The second-order valence-corrected chi connectivity index (χ2v) is 34.5. The molecule has 9 heterocycles. The topological polar surface area (TPSA) is 213 Å². The molecular formula is C94H99N9O12S3. The summed E-state index contributed by atoms with van der Waals surface area (Å²) in [5.41, 5.74) is 19.9. The zero-order valence-corrected chi connectivity index (χ0v) is 70.8. The van der Waals surface area contributed by atoms with Crippen LogP contribution in [0.1, 0.15) is 86.1 Å². The molecule has 6 aliphatic heterocycles. The Bertz CT molecular complexity index is 5500. The molecule has 0 unspecified atom stereocenters. The van der Waals surface area contributed by atoms with E-state index in [1.807, 2.05) is 127 Å². The van der Waals surface area contributed by atoms with Crippen molar-refractivity contribution in [2.75, 3.05) is 137 Å². The molecule has 118 heavy (non-hydrogen) atoms. The minimum absolute atomic E-state index is 0.0681. The first-order chi connectivity index (χ1) is 57.1. The minimum atomic E-state index is -0.558. The molecule has 2 amide bonds. The molecule has 3 aromatic heterocycles. The lowest BCUT2D eigenvalue weighted by Gasteiger charge is -2.29. The molecule has 0 bridgehead atoms. The third-order valence-corrected chi connectivity index (χ3v) is 24.6. The van der Waals surface area contributed by atoms with E-state index in [9.17, 15) is 14.4 Å². The van der Waals surface area contributed by atoms with E-state index in [0.717, 1.165) is 164 Å². The van der Waals surface area contributed by atoms with Crippen molar-refractivity contribution < 1.29 is 52.2 Å². The number of benzene rings is 8. The van der Waals surface area contributed by atoms with Crippen LogP contribution in [0.4, 0.5) is 43.7 Å². The Balaban J connectivity index is 0.000000142. The van der Waals surface area contributed by atoms with Crippen LogP contribution in [0.5, 0.6) is 23.3 Å². The van der Waals surface area contributed by atoms with E-state index >= 15 is 0 Å². The summed E-state index contributed by atoms with van der Waals surface area (Å²) in [5.74, 6) is 2.79. The molecule has 0 aliphatic carbocycles. The van der Waals surface area contributed by atoms with E-state index in [2.05, 4.69) is 140 Å². The molecule has 8 aromatic carbocycles. The number of nitrogens with zero attached hydrogens (tertiary/aromatic N) is 6. The highest BCUT2D eigenvalue weighted by atomic mass is 32.2. The van der Waals surface area contributed by atoms with Gasteiger partial charge in [-0.25, -0.2) is 19.6 Å². The van der Waals surface area contributed by atoms with Crippen LogP contribution in [0.15, 0.2) is 228 Å². The number of ether oxygens (including phenoxy) is 9. The highest BCUT2D eigenvalue weighted by Crippen LogP contribution is 2.50. The number of nitrogens with one attached hydrogen (secondary N) is 3. The molecule has 17 rings (SSSR count). The van der Waals surface area contributed by atoms with Gasteiger partial charge in [-0.2, -0.15) is 0 Å². The molecular weight excluding hydrogens is 1540 g/mol. The number of pyridine rings is 3. The van der Waals surface area contributed by atoms with E-state index < -0.39 is 17.3 Å². The van der Waals surface area contributed by atoms with Gasteiger partial charge in [-0.15, -0.1) is 0 Å². The number of fused-ring (bicyclic) bond motifs is 6. The van der Waals surface area contributed by atoms with Crippen LogP contribution in [0.3, 0.4) is 0 Å². The van der Waals surface area contributed by atoms with Crippen LogP contribution in [0, 0.1) is 0 Å². The molecule has 3 fully saturated rings. The predicted molar refractivity (Wildman–Crippen MR) is 470 cm³/mol. The molecule has 24 heteroatoms. The van der Waals surface area contributed by atoms with Crippen LogP contribution in [-0.4, -0.2) is 146 Å². The lowest BCUT2D eigenvalue weighted by Crippen LogP contribution is -2.36. The number of H-pyrrole nitrogens is 1. The van der Waals surface area contributed by atoms with Crippen molar-refractivity contribution in [3.05, 3.63) is 249 Å². The first-order valence-electron chi connectivity index (χ1n) is 39.8. The molecule has 0 radical (unpaired) electrons. The van der Waals surface area contributed by atoms with Crippen molar-refractivity contribution in [2.24, 2.45) is 0 Å². The average Bonchev–Trinajstić information content (AvgIpc) is 0.768. The van der Waals surface area contributed by atoms with E-state index in [-0.39, 0.29) is 11.7 Å². The normalized spacial score (nSPS) is 14.6. The summed E-state index contributed by atoms with van der Waals surface area (Å²) in [6, 6.07) is 65.8. The third kappa shape index (κ3) is 20.3. The first kappa shape index (κ1) is 82.0. The van der Waals surface area contributed by atoms with Crippen LogP contribution >= 0.6 is 35.3 Å². The number of morpholine rings is 3. The second kappa shape index (κ2) is 36.8. The van der Waals surface area contributed by atoms with Gasteiger partial charge in [0.05, 0.1) is 70.9 Å². The summed E-state index contributed by atoms with van der Waals surface area (Å²) in [7, 11) is 7.02. The number of aromatic amines is 1. The lowest BCUT2D eigenvalue weighted by molar-refractivity contribution is 0.0586. The molecule has 0 spiro atoms. The van der Waals surface area contributed by atoms with Crippen molar-refractivity contribution in [2.45, 2.75) is 115 Å². The zero-order chi connectivity index (χ0) is 82.0. The average molecular weight is 1640 g/mol. The van der Waals surface area contributed by atoms with Gasteiger partial charge < -0.3 is 67.6 Å². The summed E-state index contributed by atoms with van der Waals surface area (Å²) < 4.78 is 50.9. The number of methoxy groups -OCH3 is 2. The van der Waals surface area contributed by atoms with Gasteiger partial charge in [0.1, 0.15) is 35.9 Å². The number of anilines is 6. The van der Waals surface area contributed by atoms with Gasteiger partial charge in [-0.05, 0) is 202 Å². The molecule has 3 N–H and O–H groups in total. The number of amides is 2. The van der Waals surface area contributed by atoms with Crippen molar-refractivity contribution in [1.82, 2.24) is 15.0 Å². The Morgan fingerprint density at radius 3 is 1.34 bits per heavy atom. The Kier molecular flexibility index (Phi) is 25.6. The number of hydrogen-bond donors (Lipinski definition) is 3. The fraction of sp³-hybridized carbons (Fsp3) is 0.309. The molecule has 6 aliphatic rings. The smallest absolute Gasteiger partial charge is 0.414 e. The molecule has 0 saturated carbocycles. The SMILES string of the molecule is CNc1ccc2c(c1)Cc1cccc(-c3cc(N4CCOCC4)cc(=O)[nH]3)c1S2.COc1ccc(COc2cc(N3CCOCC3)cc(-c3cccc4c3Sc3ccc(N(C)C(=O)OC(C)(C)C)cc3C4)n2)cc1.COc1ccc(COc2cc(N3CCOCC3)cc(-c3cccc4c3Sc3ccc(NC(=O)OC(C)(C)C)cc3C4)n2)cc1. The van der Waals surface area contributed by atoms with Gasteiger partial charge in [0, 0.05) is 152 Å². The fourth-order valence-corrected chi connectivity index (χ4v) is 18.2. The van der Waals surface area contributed by atoms with Crippen LogP contribution in [-0.2, 0) is 56.2 Å². The Morgan fingerprint density at radius 2 is 0.890 bits per heavy atom. The second-order valence-electron chi connectivity index (χ2n) is 31.4. The van der Waals surface area contributed by atoms with E-state index in [0.29, 0.717) is 64.6 Å². The van der Waals surface area contributed by atoms with Gasteiger partial charge in [0.25, 0.3) is 0 Å². The summed E-state index contributed by atoms with van der Waals surface area (Å²) >= 11 is 5.26. The molecule has 3 saturated heterocycles. The highest BCUT2D eigenvalue weighted by molar-refractivity contribution is 8.00. The minimum Gasteiger partial charge on any atom is -0.497 e. The zero-order valence-electron chi connectivity index (χ0n) is 68.3. The molecule has 0 atom stereocenters. The molecule has 11 aromatic rings. The van der Waals surface area contributed by atoms with Crippen molar-refractivity contribution in [1.29, 1.82) is 0 Å². The third-order valence-electron chi connectivity index (χ3n) is 20.7. The first-order valence-corrected chi connectivity index (χ1v) is 42.3. The molecule has 21 nitrogen and oxygen atoms in total. The number of carbonyl (C=O) groups excluding carboxylic acids is 2. The Hall–Kier alpha value is -11.1. The fourth-order valence-electron chi connectivity index (χ4n) is 14.7. The highest BCUT2D eigenvalue weighted by Gasteiger charge is 2.29. The summed E-state index contributed by atoms with van der Waals surface area (Å²) in [4.78, 5) is 66.2. The number of hydrogen-bond acceptors (Lipinski definition) is 21. The summed E-state index contributed by atoms with van der Waals surface area (Å²) in [6.45, 7) is 21.0. The number of rotatable bonds is 17. The monoisotopic (exact) mass is 1640 g/mol. The van der Waals surface area contributed by atoms with Crippen LogP contribution in [0.2, 0.25) is 0 Å². The standard InChI is InChI=1S/C36H39N3O5S.C35H37N3O5S.C23H23N3O2S/c1-36(2,3)44-35(40)38(4)27-11-14-32-26(20-27)19-25-7-6-8-30(34(25)45-32)31-21-28(39-15-17-42-18-16-39)22-33(37-31)43-23-24-9-12-29(41-5)13-10-24;1-35(2,3)43-34(39)36-26-10-13-31-25(19-26)18-24-6-5-7-29(33(24)44-31)30-20-27(38-14-16-41-17-15-38)21-32(37-30)42-22-23-8-11-28(40-4)12-9-23;1-24-17-5-6-21-16(12-17)11-15-3-2-4-19(23(15)29-21)20-13-18(14-22(27)25-20)26-7-9-28-10-8-26/h6-14,20-22H,15-19,23H2,1-5H3;5-13,19-21H,14-18,22H2,1-4H3,(H,36,39);2-6,12-14,24H,7-11H2,1H3,(H,25,27). The maximum atomic E-state index is 12.7. The van der Waals surface area contributed by atoms with Gasteiger partial charge in [-0.1, -0.05) is 114 Å². The van der Waals surface area contributed by atoms with E-state index in [4.69, 9.17) is 52.6 Å². The van der Waals surface area contributed by atoms with Crippen molar-refractivity contribution >= 4 is 81.6 Å². The number of aromatic nitrogens is 3. The van der Waals surface area contributed by atoms with Crippen LogP contribution in [0.25, 0.3) is 33.8 Å². The van der Waals surface area contributed by atoms with E-state index in [1.54, 1.807) is 67.5 Å². The van der Waals surface area contributed by atoms with Crippen LogP contribution < -0.4 is 54.7 Å².